The zero-order valence-corrected chi connectivity index (χ0v) is 21.6. The van der Waals surface area contributed by atoms with Crippen LogP contribution in [0.1, 0.15) is 21.7 Å². The zero-order chi connectivity index (χ0) is 27.3. The van der Waals surface area contributed by atoms with Crippen LogP contribution in [0.4, 0.5) is 9.18 Å². The number of hydrogen-bond donors (Lipinski definition) is 0. The molecule has 0 radical (unpaired) electrons. The quantitative estimate of drug-likeness (QED) is 0.259. The fourth-order valence-corrected chi connectivity index (χ4v) is 4.90. The van der Waals surface area contributed by atoms with Gasteiger partial charge in [-0.05, 0) is 66.6 Å². The Morgan fingerprint density at radius 2 is 1.59 bits per heavy atom. The molecule has 6 rings (SSSR count). The Morgan fingerprint density at radius 1 is 0.872 bits per heavy atom. The van der Waals surface area contributed by atoms with E-state index < -0.39 is 0 Å². The first-order valence-corrected chi connectivity index (χ1v) is 12.4. The lowest BCUT2D eigenvalue weighted by Gasteiger charge is -2.12. The molecule has 0 bridgehead atoms. The highest BCUT2D eigenvalue weighted by molar-refractivity contribution is 6.18. The average Bonchev–Trinajstić information content (AvgIpc) is 3.49. The Morgan fingerprint density at radius 3 is 2.31 bits per heavy atom. The number of nitrogens with zero attached hydrogens (tertiary/aromatic N) is 5. The van der Waals surface area contributed by atoms with Crippen molar-refractivity contribution in [1.82, 2.24) is 24.0 Å². The first-order chi connectivity index (χ1) is 18.8. The van der Waals surface area contributed by atoms with Crippen LogP contribution in [0.3, 0.4) is 0 Å². The van der Waals surface area contributed by atoms with Crippen molar-refractivity contribution in [2.45, 2.75) is 6.92 Å². The average molecular weight is 518 g/mol. The summed E-state index contributed by atoms with van der Waals surface area (Å²) in [5, 5.41) is 0.661. The number of amides is 1. The topological polar surface area (TPSA) is 73.0 Å². The third kappa shape index (κ3) is 4.16. The predicted octanol–water partition coefficient (Wildman–Crippen LogP) is 6.25. The molecular formula is C31H24FN5O2. The van der Waals surface area contributed by atoms with E-state index in [2.05, 4.69) is 9.97 Å². The Balaban J connectivity index is 1.42. The molecule has 0 spiro atoms. The molecular weight excluding hydrogens is 493 g/mol. The van der Waals surface area contributed by atoms with Gasteiger partial charge in [0.05, 0.1) is 17.2 Å². The summed E-state index contributed by atoms with van der Waals surface area (Å²) in [4.78, 5) is 37.0. The minimum atomic E-state index is -0.321. The summed E-state index contributed by atoms with van der Waals surface area (Å²) >= 11 is 0. The van der Waals surface area contributed by atoms with Gasteiger partial charge in [-0.2, -0.15) is 0 Å². The van der Waals surface area contributed by atoms with Gasteiger partial charge in [0, 0.05) is 48.7 Å². The highest BCUT2D eigenvalue weighted by Crippen LogP contribution is 2.30. The van der Waals surface area contributed by atoms with Gasteiger partial charge < -0.3 is 4.90 Å². The molecule has 0 aliphatic rings. The van der Waals surface area contributed by atoms with Crippen molar-refractivity contribution in [3.63, 3.8) is 0 Å². The monoisotopic (exact) mass is 517 g/mol. The molecule has 1 amide bonds. The van der Waals surface area contributed by atoms with Crippen LogP contribution in [-0.2, 0) is 0 Å². The molecule has 39 heavy (non-hydrogen) atoms. The lowest BCUT2D eigenvalue weighted by molar-refractivity contribution is 0.104. The molecule has 3 aromatic heterocycles. The standard InChI is InChI=1S/C31H24FN5O2/c1-19-34-27-17-33-15-14-28(27)37(19)24-11-6-21(7-12-24)30(38)26-18-36(31(39)35(2)3)29-16-22(8-13-25(26)29)20-4-9-23(32)10-5-20/h4-18H,1-3H3. The second kappa shape index (κ2) is 9.33. The van der Waals surface area contributed by atoms with Crippen LogP contribution in [0.15, 0.2) is 91.4 Å². The van der Waals surface area contributed by atoms with E-state index in [1.54, 1.807) is 57.0 Å². The largest absolute Gasteiger partial charge is 0.330 e. The molecule has 8 heteroatoms. The van der Waals surface area contributed by atoms with Gasteiger partial charge in [0.25, 0.3) is 0 Å². The molecule has 0 aliphatic heterocycles. The number of benzene rings is 3. The Kier molecular flexibility index (Phi) is 5.80. The van der Waals surface area contributed by atoms with Gasteiger partial charge in [0.2, 0.25) is 0 Å². The fourth-order valence-electron chi connectivity index (χ4n) is 4.90. The number of hydrogen-bond acceptors (Lipinski definition) is 4. The van der Waals surface area contributed by atoms with Crippen molar-refractivity contribution in [2.24, 2.45) is 0 Å². The molecule has 3 heterocycles. The number of rotatable bonds is 4. The molecule has 7 nitrogen and oxygen atoms in total. The van der Waals surface area contributed by atoms with Gasteiger partial charge in [-0.3, -0.25) is 18.9 Å². The lowest BCUT2D eigenvalue weighted by Crippen LogP contribution is -2.26. The molecule has 3 aromatic carbocycles. The summed E-state index contributed by atoms with van der Waals surface area (Å²) in [7, 11) is 3.33. The van der Waals surface area contributed by atoms with Gasteiger partial charge in [-0.1, -0.05) is 24.3 Å². The number of aryl methyl sites for hydroxylation is 1. The van der Waals surface area contributed by atoms with Crippen molar-refractivity contribution in [2.75, 3.05) is 14.1 Å². The molecule has 0 fully saturated rings. The SMILES string of the molecule is Cc1nc2cnccc2n1-c1ccc(C(=O)c2cn(C(=O)N(C)C)c3cc(-c4ccc(F)cc4)ccc23)cc1. The van der Waals surface area contributed by atoms with Gasteiger partial charge in [0.1, 0.15) is 17.2 Å². The van der Waals surface area contributed by atoms with Crippen molar-refractivity contribution in [1.29, 1.82) is 0 Å². The Hall–Kier alpha value is -5.11. The molecule has 6 aromatic rings. The van der Waals surface area contributed by atoms with Crippen molar-refractivity contribution in [3.05, 3.63) is 114 Å². The number of carbonyl (C=O) groups excluding carboxylic acids is 2. The number of halogens is 1. The van der Waals surface area contributed by atoms with E-state index in [4.69, 9.17) is 0 Å². The van der Waals surface area contributed by atoms with Crippen LogP contribution in [-0.4, -0.2) is 49.9 Å². The number of aromatic nitrogens is 4. The van der Waals surface area contributed by atoms with Crippen molar-refractivity contribution in [3.8, 4) is 16.8 Å². The predicted molar refractivity (Wildman–Crippen MR) is 149 cm³/mol. The Bertz CT molecular complexity index is 1880. The van der Waals surface area contributed by atoms with Crippen LogP contribution < -0.4 is 0 Å². The van der Waals surface area contributed by atoms with Crippen molar-refractivity contribution >= 4 is 33.8 Å². The molecule has 0 unspecified atom stereocenters. The van der Waals surface area contributed by atoms with Crippen LogP contribution in [0.5, 0.6) is 0 Å². The normalized spacial score (nSPS) is 11.3. The molecule has 192 valence electrons. The van der Waals surface area contributed by atoms with E-state index in [0.29, 0.717) is 22.0 Å². The number of ketones is 1. The highest BCUT2D eigenvalue weighted by Gasteiger charge is 2.21. The van der Waals surface area contributed by atoms with Gasteiger partial charge in [0.15, 0.2) is 5.78 Å². The van der Waals surface area contributed by atoms with Crippen LogP contribution in [0.2, 0.25) is 0 Å². The summed E-state index contributed by atoms with van der Waals surface area (Å²) in [6, 6.07) is 20.7. The summed E-state index contributed by atoms with van der Waals surface area (Å²) in [5.41, 5.74) is 5.77. The van der Waals surface area contributed by atoms with Crippen LogP contribution in [0, 0.1) is 12.7 Å². The highest BCUT2D eigenvalue weighted by atomic mass is 19.1. The van der Waals surface area contributed by atoms with Gasteiger partial charge in [-0.15, -0.1) is 0 Å². The summed E-state index contributed by atoms with van der Waals surface area (Å²) < 4.78 is 17.0. The first-order valence-electron chi connectivity index (χ1n) is 12.4. The molecule has 0 N–H and O–H groups in total. The maximum Gasteiger partial charge on any atom is 0.328 e. The van der Waals surface area contributed by atoms with Crippen LogP contribution >= 0.6 is 0 Å². The second-order valence-corrected chi connectivity index (χ2v) is 9.56. The third-order valence-electron chi connectivity index (χ3n) is 6.83. The number of imidazole rings is 1. The molecule has 0 aliphatic carbocycles. The fraction of sp³-hybridized carbons (Fsp3) is 0.0968. The number of pyridine rings is 1. The van der Waals surface area contributed by atoms with E-state index in [1.165, 1.54) is 21.6 Å². The van der Waals surface area contributed by atoms with E-state index in [1.807, 2.05) is 47.9 Å². The molecule has 0 saturated heterocycles. The van der Waals surface area contributed by atoms with Crippen molar-refractivity contribution < 1.29 is 14.0 Å². The smallest absolute Gasteiger partial charge is 0.328 e. The second-order valence-electron chi connectivity index (χ2n) is 9.56. The molecule has 0 atom stereocenters. The maximum absolute atomic E-state index is 13.7. The zero-order valence-electron chi connectivity index (χ0n) is 21.6. The summed E-state index contributed by atoms with van der Waals surface area (Å²) in [5.74, 6) is 0.306. The minimum Gasteiger partial charge on any atom is -0.330 e. The number of fused-ring (bicyclic) bond motifs is 2. The number of carbonyl (C=O) groups is 2. The minimum absolute atomic E-state index is 0.192. The van der Waals surface area contributed by atoms with E-state index in [0.717, 1.165) is 33.7 Å². The lowest BCUT2D eigenvalue weighted by atomic mass is 9.99. The first kappa shape index (κ1) is 24.2. The van der Waals surface area contributed by atoms with E-state index >= 15 is 0 Å². The maximum atomic E-state index is 13.7. The van der Waals surface area contributed by atoms with Crippen LogP contribution in [0.25, 0.3) is 38.8 Å². The molecule has 0 saturated carbocycles. The van der Waals surface area contributed by atoms with E-state index in [9.17, 15) is 14.0 Å². The summed E-state index contributed by atoms with van der Waals surface area (Å²) in [6.45, 7) is 1.93. The Labute approximate surface area is 223 Å². The van der Waals surface area contributed by atoms with Gasteiger partial charge >= 0.3 is 6.03 Å². The third-order valence-corrected chi connectivity index (χ3v) is 6.83. The summed E-state index contributed by atoms with van der Waals surface area (Å²) in [6.07, 6.45) is 5.05. The van der Waals surface area contributed by atoms with E-state index in [-0.39, 0.29) is 17.6 Å². The van der Waals surface area contributed by atoms with Gasteiger partial charge in [-0.25, -0.2) is 14.2 Å².